The second-order valence-corrected chi connectivity index (χ2v) is 6.52. The van der Waals surface area contributed by atoms with E-state index >= 15 is 0 Å². The number of halogens is 1. The summed E-state index contributed by atoms with van der Waals surface area (Å²) in [6.07, 6.45) is 0.843. The van der Waals surface area contributed by atoms with E-state index in [1.165, 1.54) is 7.11 Å². The Morgan fingerprint density at radius 2 is 1.96 bits per heavy atom. The van der Waals surface area contributed by atoms with Crippen LogP contribution in [-0.4, -0.2) is 44.1 Å². The van der Waals surface area contributed by atoms with E-state index in [4.69, 9.17) is 16.3 Å². The van der Waals surface area contributed by atoms with Crippen LogP contribution < -0.4 is 9.64 Å². The number of carbonyl (C=O) groups excluding carboxylic acids is 1. The van der Waals surface area contributed by atoms with Gasteiger partial charge in [-0.2, -0.15) is 5.26 Å². The van der Waals surface area contributed by atoms with Gasteiger partial charge in [0.2, 0.25) is 0 Å². The maximum atomic E-state index is 12.9. The number of benzene rings is 2. The Morgan fingerprint density at radius 3 is 2.73 bits per heavy atom. The highest BCUT2D eigenvalue weighted by Gasteiger charge is 2.22. The fourth-order valence-corrected chi connectivity index (χ4v) is 3.38. The average Bonchev–Trinajstić information content (AvgIpc) is 2.94. The van der Waals surface area contributed by atoms with Gasteiger partial charge in [0.1, 0.15) is 11.8 Å². The maximum Gasteiger partial charge on any atom is 0.254 e. The van der Waals surface area contributed by atoms with Gasteiger partial charge in [0, 0.05) is 31.7 Å². The van der Waals surface area contributed by atoms with E-state index in [0.29, 0.717) is 41.5 Å². The number of ether oxygens (including phenoxy) is 1. The molecule has 1 heterocycles. The third-order valence-electron chi connectivity index (χ3n) is 4.55. The number of rotatable bonds is 3. The third kappa shape index (κ3) is 3.76. The Bertz CT molecular complexity index is 847. The molecule has 134 valence electrons. The van der Waals surface area contributed by atoms with Gasteiger partial charge in [0.15, 0.2) is 0 Å². The minimum Gasteiger partial charge on any atom is -0.495 e. The first-order chi connectivity index (χ1) is 12.6. The fourth-order valence-electron chi connectivity index (χ4n) is 3.18. The zero-order valence-corrected chi connectivity index (χ0v) is 15.4. The topological polar surface area (TPSA) is 56.6 Å². The van der Waals surface area contributed by atoms with Crippen LogP contribution in [-0.2, 0) is 0 Å². The molecule has 0 spiro atoms. The Hall–Kier alpha value is -2.71. The number of carbonyl (C=O) groups is 1. The highest BCUT2D eigenvalue weighted by atomic mass is 35.5. The first-order valence-corrected chi connectivity index (χ1v) is 8.88. The summed E-state index contributed by atoms with van der Waals surface area (Å²) < 4.78 is 5.21. The third-order valence-corrected chi connectivity index (χ3v) is 4.86. The van der Waals surface area contributed by atoms with Crippen molar-refractivity contribution in [2.24, 2.45) is 0 Å². The Kier molecular flexibility index (Phi) is 5.65. The number of hydrogen-bond acceptors (Lipinski definition) is 4. The number of para-hydroxylation sites is 1. The first kappa shape index (κ1) is 18.1. The summed E-state index contributed by atoms with van der Waals surface area (Å²) in [5.41, 5.74) is 2.16. The number of anilines is 1. The van der Waals surface area contributed by atoms with Gasteiger partial charge >= 0.3 is 0 Å². The molecule has 1 aliphatic rings. The molecule has 5 nitrogen and oxygen atoms in total. The molecule has 0 N–H and O–H groups in total. The molecule has 2 aromatic carbocycles. The van der Waals surface area contributed by atoms with Crippen molar-refractivity contribution < 1.29 is 9.53 Å². The van der Waals surface area contributed by atoms with Crippen LogP contribution >= 0.6 is 11.6 Å². The molecule has 1 amide bonds. The molecule has 26 heavy (non-hydrogen) atoms. The van der Waals surface area contributed by atoms with Crippen LogP contribution in [0, 0.1) is 11.3 Å². The van der Waals surface area contributed by atoms with Crippen LogP contribution in [0.1, 0.15) is 22.3 Å². The molecule has 3 rings (SSSR count). The highest BCUT2D eigenvalue weighted by molar-refractivity contribution is 6.32. The van der Waals surface area contributed by atoms with Crippen molar-refractivity contribution in [3.05, 3.63) is 58.6 Å². The van der Waals surface area contributed by atoms with Crippen molar-refractivity contribution in [2.75, 3.05) is 38.2 Å². The van der Waals surface area contributed by atoms with Crippen LogP contribution in [0.4, 0.5) is 5.69 Å². The van der Waals surface area contributed by atoms with E-state index in [9.17, 15) is 10.1 Å². The summed E-state index contributed by atoms with van der Waals surface area (Å²) in [6.45, 7) is 2.78. The monoisotopic (exact) mass is 369 g/mol. The van der Waals surface area contributed by atoms with E-state index in [-0.39, 0.29) is 5.91 Å². The molecule has 2 aromatic rings. The molecule has 0 bridgehead atoms. The van der Waals surface area contributed by atoms with Crippen LogP contribution in [0.15, 0.2) is 42.5 Å². The highest BCUT2D eigenvalue weighted by Crippen LogP contribution is 2.26. The Balaban J connectivity index is 1.74. The molecular formula is C20H20ClN3O2. The molecule has 0 aromatic heterocycles. The number of nitrogens with zero attached hydrogens (tertiary/aromatic N) is 3. The summed E-state index contributed by atoms with van der Waals surface area (Å²) in [5, 5.41) is 9.80. The van der Waals surface area contributed by atoms with Gasteiger partial charge in [0.25, 0.3) is 5.91 Å². The van der Waals surface area contributed by atoms with E-state index in [0.717, 1.165) is 18.7 Å². The van der Waals surface area contributed by atoms with Crippen molar-refractivity contribution in [3.63, 3.8) is 0 Å². The fraction of sp³-hybridized carbons (Fsp3) is 0.300. The largest absolute Gasteiger partial charge is 0.495 e. The lowest BCUT2D eigenvalue weighted by atomic mass is 10.1. The summed E-state index contributed by atoms with van der Waals surface area (Å²) in [5.74, 6) is 0.465. The van der Waals surface area contributed by atoms with Gasteiger partial charge in [0.05, 0.1) is 23.4 Å². The molecule has 0 unspecified atom stereocenters. The van der Waals surface area contributed by atoms with Crippen LogP contribution in [0.5, 0.6) is 5.75 Å². The number of methoxy groups -OCH3 is 1. The van der Waals surface area contributed by atoms with Crippen LogP contribution in [0.2, 0.25) is 5.02 Å². The van der Waals surface area contributed by atoms with Gasteiger partial charge in [-0.15, -0.1) is 0 Å². The zero-order valence-electron chi connectivity index (χ0n) is 14.6. The Morgan fingerprint density at radius 1 is 1.15 bits per heavy atom. The molecule has 1 fully saturated rings. The van der Waals surface area contributed by atoms with Crippen molar-refractivity contribution in [3.8, 4) is 11.8 Å². The van der Waals surface area contributed by atoms with Gasteiger partial charge < -0.3 is 14.5 Å². The molecule has 1 aliphatic heterocycles. The van der Waals surface area contributed by atoms with E-state index in [1.807, 2.05) is 29.2 Å². The second kappa shape index (κ2) is 8.11. The zero-order chi connectivity index (χ0) is 18.5. The SMILES string of the molecule is COc1cc(C(=O)N2CCCN(c3ccccc3C#N)CC2)ccc1Cl. The lowest BCUT2D eigenvalue weighted by molar-refractivity contribution is 0.0766. The number of hydrogen-bond donors (Lipinski definition) is 0. The van der Waals surface area contributed by atoms with Gasteiger partial charge in [-0.25, -0.2) is 0 Å². The molecule has 0 aliphatic carbocycles. The molecule has 0 radical (unpaired) electrons. The van der Waals surface area contributed by atoms with Crippen molar-refractivity contribution in [2.45, 2.75) is 6.42 Å². The lowest BCUT2D eigenvalue weighted by Gasteiger charge is -2.24. The summed E-state index contributed by atoms with van der Waals surface area (Å²) >= 11 is 6.05. The van der Waals surface area contributed by atoms with Crippen LogP contribution in [0.25, 0.3) is 0 Å². The molecule has 1 saturated heterocycles. The minimum atomic E-state index is -0.0321. The smallest absolute Gasteiger partial charge is 0.254 e. The Labute approximate surface area is 158 Å². The maximum absolute atomic E-state index is 12.9. The van der Waals surface area contributed by atoms with Crippen LogP contribution in [0.3, 0.4) is 0 Å². The molecule has 0 saturated carbocycles. The predicted molar refractivity (Wildman–Crippen MR) is 102 cm³/mol. The van der Waals surface area contributed by atoms with Gasteiger partial charge in [-0.3, -0.25) is 4.79 Å². The predicted octanol–water partition coefficient (Wildman–Crippen LogP) is 3.57. The van der Waals surface area contributed by atoms with E-state index < -0.39 is 0 Å². The lowest BCUT2D eigenvalue weighted by Crippen LogP contribution is -2.35. The summed E-state index contributed by atoms with van der Waals surface area (Å²) in [6, 6.07) is 14.9. The van der Waals surface area contributed by atoms with Gasteiger partial charge in [-0.1, -0.05) is 23.7 Å². The first-order valence-electron chi connectivity index (χ1n) is 8.51. The second-order valence-electron chi connectivity index (χ2n) is 6.11. The van der Waals surface area contributed by atoms with E-state index in [1.54, 1.807) is 18.2 Å². The number of amides is 1. The van der Waals surface area contributed by atoms with Crippen molar-refractivity contribution in [1.82, 2.24) is 4.90 Å². The standard InChI is InChI=1S/C20H20ClN3O2/c1-26-19-13-15(7-8-17(19)21)20(25)24-10-4-9-23(11-12-24)18-6-3-2-5-16(18)14-22/h2-3,5-8,13H,4,9-12H2,1H3. The van der Waals surface area contributed by atoms with Gasteiger partial charge in [-0.05, 0) is 36.8 Å². The normalized spacial score (nSPS) is 14.5. The summed E-state index contributed by atoms with van der Waals surface area (Å²) in [4.78, 5) is 16.9. The number of nitriles is 1. The summed E-state index contributed by atoms with van der Waals surface area (Å²) in [7, 11) is 1.53. The minimum absolute atomic E-state index is 0.0321. The molecular weight excluding hydrogens is 350 g/mol. The quantitative estimate of drug-likeness (QED) is 0.829. The van der Waals surface area contributed by atoms with Crippen molar-refractivity contribution in [1.29, 1.82) is 5.26 Å². The van der Waals surface area contributed by atoms with Crippen molar-refractivity contribution >= 4 is 23.2 Å². The molecule has 0 atom stereocenters. The van der Waals surface area contributed by atoms with E-state index in [2.05, 4.69) is 11.0 Å². The molecule has 6 heteroatoms. The average molecular weight is 370 g/mol.